The molecule has 1 unspecified atom stereocenters. The third-order valence-electron chi connectivity index (χ3n) is 1.85. The topological polar surface area (TPSA) is 99.1 Å². The molecule has 6 nitrogen and oxygen atoms in total. The Morgan fingerprint density at radius 1 is 1.79 bits per heavy atom. The van der Waals surface area contributed by atoms with Crippen molar-refractivity contribution in [1.82, 2.24) is 9.78 Å². The second-order valence-corrected chi connectivity index (χ2v) is 3.02. The van der Waals surface area contributed by atoms with Crippen LogP contribution in [0, 0.1) is 11.3 Å². The summed E-state index contributed by atoms with van der Waals surface area (Å²) in [6.07, 6.45) is 1.10. The molecule has 0 aromatic carbocycles. The maximum Gasteiger partial charge on any atom is 0.339 e. The molecule has 2 N–H and O–H groups in total. The van der Waals surface area contributed by atoms with Gasteiger partial charge in [0.1, 0.15) is 11.6 Å². The fourth-order valence-corrected chi connectivity index (χ4v) is 1.22. The molecule has 74 valence electrons. The quantitative estimate of drug-likeness (QED) is 0.639. The summed E-state index contributed by atoms with van der Waals surface area (Å²) >= 11 is 0. The van der Waals surface area contributed by atoms with Gasteiger partial charge in [-0.3, -0.25) is 4.68 Å². The zero-order valence-corrected chi connectivity index (χ0v) is 7.72. The summed E-state index contributed by atoms with van der Waals surface area (Å²) in [6, 6.07) is 1.61. The molecule has 0 fully saturated rings. The maximum absolute atomic E-state index is 10.7. The largest absolute Gasteiger partial charge is 0.478 e. The Kier molecular flexibility index (Phi) is 2.28. The minimum Gasteiger partial charge on any atom is -0.478 e. The minimum atomic E-state index is -1.85. The lowest BCUT2D eigenvalue weighted by Gasteiger charge is -2.15. The Morgan fingerprint density at radius 3 is 2.79 bits per heavy atom. The van der Waals surface area contributed by atoms with Crippen LogP contribution in [0.2, 0.25) is 0 Å². The van der Waals surface area contributed by atoms with Gasteiger partial charge in [-0.2, -0.15) is 10.4 Å². The van der Waals surface area contributed by atoms with E-state index < -0.39 is 11.6 Å². The molecule has 0 aliphatic carbocycles. The normalized spacial score (nSPS) is 14.4. The van der Waals surface area contributed by atoms with E-state index in [2.05, 4.69) is 5.10 Å². The van der Waals surface area contributed by atoms with Gasteiger partial charge in [-0.25, -0.2) is 4.79 Å². The fraction of sp³-hybridized carbons (Fsp3) is 0.375. The number of rotatable bonds is 2. The predicted octanol–water partition coefficient (Wildman–Crippen LogP) is -0.151. The highest BCUT2D eigenvalue weighted by atomic mass is 16.4. The van der Waals surface area contributed by atoms with Crippen LogP contribution in [0.5, 0.6) is 0 Å². The van der Waals surface area contributed by atoms with E-state index in [1.165, 1.54) is 18.7 Å². The molecule has 0 aliphatic heterocycles. The molecule has 1 heterocycles. The molecule has 6 heteroatoms. The Hall–Kier alpha value is -1.87. The van der Waals surface area contributed by atoms with Crippen molar-refractivity contribution in [2.24, 2.45) is 7.05 Å². The molecule has 0 spiro atoms. The Morgan fingerprint density at radius 2 is 2.36 bits per heavy atom. The van der Waals surface area contributed by atoms with Crippen LogP contribution in [-0.2, 0) is 12.6 Å². The second kappa shape index (κ2) is 3.12. The smallest absolute Gasteiger partial charge is 0.339 e. The first-order valence-electron chi connectivity index (χ1n) is 3.79. The van der Waals surface area contributed by atoms with Gasteiger partial charge in [-0.15, -0.1) is 0 Å². The van der Waals surface area contributed by atoms with E-state index in [0.29, 0.717) is 0 Å². The van der Waals surface area contributed by atoms with E-state index >= 15 is 0 Å². The van der Waals surface area contributed by atoms with Crippen molar-refractivity contribution in [3.63, 3.8) is 0 Å². The Labute approximate surface area is 80.0 Å². The fourth-order valence-electron chi connectivity index (χ4n) is 1.22. The van der Waals surface area contributed by atoms with Crippen LogP contribution in [0.15, 0.2) is 6.20 Å². The lowest BCUT2D eigenvalue weighted by Crippen LogP contribution is -2.25. The summed E-state index contributed by atoms with van der Waals surface area (Å²) < 4.78 is 1.17. The molecule has 0 aliphatic rings. The van der Waals surface area contributed by atoms with Crippen LogP contribution in [0.1, 0.15) is 23.0 Å². The number of carbonyl (C=O) groups is 1. The predicted molar refractivity (Wildman–Crippen MR) is 45.4 cm³/mol. The van der Waals surface area contributed by atoms with E-state index in [9.17, 15) is 9.90 Å². The number of hydrogen-bond donors (Lipinski definition) is 2. The lowest BCUT2D eigenvalue weighted by molar-refractivity contribution is 0.0673. The second-order valence-electron chi connectivity index (χ2n) is 3.02. The third-order valence-corrected chi connectivity index (χ3v) is 1.85. The van der Waals surface area contributed by atoms with Crippen LogP contribution in [-0.4, -0.2) is 26.0 Å². The SMILES string of the molecule is Cn1ncc(C(=O)O)c1C(C)(O)C#N. The number of aliphatic hydroxyl groups is 1. The highest BCUT2D eigenvalue weighted by Crippen LogP contribution is 2.22. The molecule has 1 aromatic rings. The molecular formula is C8H9N3O3. The van der Waals surface area contributed by atoms with E-state index in [0.717, 1.165) is 6.20 Å². The van der Waals surface area contributed by atoms with Gasteiger partial charge >= 0.3 is 5.97 Å². The van der Waals surface area contributed by atoms with Gasteiger partial charge in [0.25, 0.3) is 0 Å². The molecule has 0 saturated heterocycles. The molecule has 1 aromatic heterocycles. The van der Waals surface area contributed by atoms with Crippen LogP contribution < -0.4 is 0 Å². The zero-order chi connectivity index (χ0) is 10.9. The molecule has 14 heavy (non-hydrogen) atoms. The van der Waals surface area contributed by atoms with E-state index in [-0.39, 0.29) is 11.3 Å². The number of aryl methyl sites for hydroxylation is 1. The number of aromatic nitrogens is 2. The van der Waals surface area contributed by atoms with Gasteiger partial charge in [0.2, 0.25) is 0 Å². The van der Waals surface area contributed by atoms with E-state index in [4.69, 9.17) is 10.4 Å². The lowest BCUT2D eigenvalue weighted by atomic mass is 10.0. The number of carboxylic acid groups (broad SMARTS) is 1. The standard InChI is InChI=1S/C8H9N3O3/c1-8(14,4-9)6-5(7(12)13)3-10-11(6)2/h3,14H,1-2H3,(H,12,13). The van der Waals surface area contributed by atoms with E-state index in [1.54, 1.807) is 6.07 Å². The van der Waals surface area contributed by atoms with Gasteiger partial charge < -0.3 is 10.2 Å². The van der Waals surface area contributed by atoms with Crippen LogP contribution >= 0.6 is 0 Å². The Bertz CT molecular complexity index is 414. The number of aromatic carboxylic acids is 1. The van der Waals surface area contributed by atoms with Crippen LogP contribution in [0.4, 0.5) is 0 Å². The van der Waals surface area contributed by atoms with Gasteiger partial charge in [-0.1, -0.05) is 0 Å². The molecule has 0 bridgehead atoms. The van der Waals surface area contributed by atoms with E-state index in [1.807, 2.05) is 0 Å². The van der Waals surface area contributed by atoms with Gasteiger partial charge in [0.15, 0.2) is 5.60 Å². The van der Waals surface area contributed by atoms with Gasteiger partial charge in [0, 0.05) is 7.05 Å². The highest BCUT2D eigenvalue weighted by molar-refractivity contribution is 5.89. The number of nitrogens with zero attached hydrogens (tertiary/aromatic N) is 3. The number of carboxylic acids is 1. The summed E-state index contributed by atoms with van der Waals surface area (Å²) in [5, 5.41) is 30.7. The average molecular weight is 195 g/mol. The Balaban J connectivity index is 3.40. The van der Waals surface area contributed by atoms with Crippen LogP contribution in [0.25, 0.3) is 0 Å². The van der Waals surface area contributed by atoms with Crippen molar-refractivity contribution in [2.75, 3.05) is 0 Å². The van der Waals surface area contributed by atoms with Crippen molar-refractivity contribution in [2.45, 2.75) is 12.5 Å². The van der Waals surface area contributed by atoms with Gasteiger partial charge in [-0.05, 0) is 6.92 Å². The summed E-state index contributed by atoms with van der Waals surface area (Å²) in [4.78, 5) is 10.7. The molecule has 1 rings (SSSR count). The van der Waals surface area contributed by atoms with Crippen molar-refractivity contribution in [3.05, 3.63) is 17.5 Å². The average Bonchev–Trinajstić information content (AvgIpc) is 2.47. The summed E-state index contributed by atoms with van der Waals surface area (Å²) in [6.45, 7) is 1.22. The summed E-state index contributed by atoms with van der Waals surface area (Å²) in [5.41, 5.74) is -2.04. The van der Waals surface area contributed by atoms with Crippen molar-refractivity contribution in [1.29, 1.82) is 5.26 Å². The van der Waals surface area contributed by atoms with Crippen LogP contribution in [0.3, 0.4) is 0 Å². The molecular weight excluding hydrogens is 186 g/mol. The molecule has 0 saturated carbocycles. The third kappa shape index (κ3) is 1.45. The van der Waals surface area contributed by atoms with Crippen molar-refractivity contribution < 1.29 is 15.0 Å². The maximum atomic E-state index is 10.7. The van der Waals surface area contributed by atoms with Gasteiger partial charge in [0.05, 0.1) is 11.9 Å². The molecule has 0 radical (unpaired) electrons. The number of nitriles is 1. The minimum absolute atomic E-state index is 0.0208. The first kappa shape index (κ1) is 10.2. The first-order chi connectivity index (χ1) is 6.40. The monoisotopic (exact) mass is 195 g/mol. The highest BCUT2D eigenvalue weighted by Gasteiger charge is 2.32. The molecule has 0 amide bonds. The molecule has 1 atom stereocenters. The zero-order valence-electron chi connectivity index (χ0n) is 7.72. The number of hydrogen-bond acceptors (Lipinski definition) is 4. The summed E-state index contributed by atoms with van der Waals surface area (Å²) in [7, 11) is 1.47. The first-order valence-corrected chi connectivity index (χ1v) is 3.79. The summed E-state index contributed by atoms with van der Waals surface area (Å²) in [5.74, 6) is -1.22. The van der Waals surface area contributed by atoms with Crippen molar-refractivity contribution in [3.8, 4) is 6.07 Å². The van der Waals surface area contributed by atoms with Crippen molar-refractivity contribution >= 4 is 5.97 Å².